The van der Waals surface area contributed by atoms with Crippen LogP contribution < -0.4 is 15.5 Å². The van der Waals surface area contributed by atoms with Crippen LogP contribution >= 0.6 is 0 Å². The van der Waals surface area contributed by atoms with E-state index < -0.39 is 0 Å². The molecule has 7 heteroatoms. The average Bonchev–Trinajstić information content (AvgIpc) is 3.22. The van der Waals surface area contributed by atoms with E-state index in [-0.39, 0.29) is 17.9 Å². The summed E-state index contributed by atoms with van der Waals surface area (Å²) >= 11 is 0. The van der Waals surface area contributed by atoms with Crippen molar-refractivity contribution in [3.8, 4) is 0 Å². The van der Waals surface area contributed by atoms with Gasteiger partial charge in [-0.25, -0.2) is 9.97 Å². The Balaban J connectivity index is 1.38. The maximum Gasteiger partial charge on any atom is 0.156 e. The number of aliphatic imine (C=N–C) groups is 1. The van der Waals surface area contributed by atoms with E-state index in [1.54, 1.807) is 0 Å². The van der Waals surface area contributed by atoms with E-state index in [9.17, 15) is 5.11 Å². The largest absolute Gasteiger partial charge is 0.396 e. The standard InChI is InChI=1S/C23H30N6O/c1-23(15-24)7-10-28(11-8-23)20-13-25-21-18(27-20)12-26-22(21)29-9-6-16(14-30)17-4-2-3-5-19(17)29/h2-5,13,16,30H,6-12,14-15,24H2,1H3. The SMILES string of the molecule is CC1(CN)CCN(c2cnc3c(n2)CN=C3N2CCC(CO)c3ccccc32)CC1. The number of hydrogen-bond donors (Lipinski definition) is 2. The normalized spacial score (nSPS) is 22.5. The molecule has 0 saturated carbocycles. The van der Waals surface area contributed by atoms with Gasteiger partial charge in [-0.1, -0.05) is 25.1 Å². The van der Waals surface area contributed by atoms with E-state index >= 15 is 0 Å². The first kappa shape index (κ1) is 19.5. The van der Waals surface area contributed by atoms with Gasteiger partial charge in [0.2, 0.25) is 0 Å². The van der Waals surface area contributed by atoms with Crippen LogP contribution in [0.3, 0.4) is 0 Å². The summed E-state index contributed by atoms with van der Waals surface area (Å²) in [5.41, 5.74) is 10.3. The number of nitrogens with two attached hydrogens (primary N) is 1. The summed E-state index contributed by atoms with van der Waals surface area (Å²) in [5, 5.41) is 9.77. The number of hydrogen-bond acceptors (Lipinski definition) is 7. The Hall–Kier alpha value is -2.51. The fourth-order valence-electron chi connectivity index (χ4n) is 4.83. The summed E-state index contributed by atoms with van der Waals surface area (Å²) in [6.07, 6.45) is 4.97. The molecule has 158 valence electrons. The van der Waals surface area contributed by atoms with E-state index in [0.29, 0.717) is 6.54 Å². The fraction of sp³-hybridized carbons (Fsp3) is 0.522. The summed E-state index contributed by atoms with van der Waals surface area (Å²) in [5.74, 6) is 2.04. The van der Waals surface area contributed by atoms with Crippen molar-refractivity contribution in [1.82, 2.24) is 9.97 Å². The predicted molar refractivity (Wildman–Crippen MR) is 119 cm³/mol. The Morgan fingerprint density at radius 2 is 2.00 bits per heavy atom. The highest BCUT2D eigenvalue weighted by atomic mass is 16.3. The lowest BCUT2D eigenvalue weighted by Gasteiger charge is -2.39. The van der Waals surface area contributed by atoms with E-state index in [2.05, 4.69) is 28.9 Å². The number of aliphatic hydroxyl groups is 1. The minimum atomic E-state index is 0.177. The zero-order valence-electron chi connectivity index (χ0n) is 17.6. The van der Waals surface area contributed by atoms with Crippen LogP contribution in [0.15, 0.2) is 35.5 Å². The number of para-hydroxylation sites is 1. The minimum Gasteiger partial charge on any atom is -0.396 e. The van der Waals surface area contributed by atoms with Gasteiger partial charge in [0.1, 0.15) is 11.5 Å². The molecule has 0 aliphatic carbocycles. The van der Waals surface area contributed by atoms with Gasteiger partial charge in [0.05, 0.1) is 25.0 Å². The Bertz CT molecular complexity index is 966. The van der Waals surface area contributed by atoms with Crippen molar-refractivity contribution in [3.63, 3.8) is 0 Å². The first-order valence-electron chi connectivity index (χ1n) is 10.9. The molecule has 0 spiro atoms. The van der Waals surface area contributed by atoms with Crippen LogP contribution in [0.2, 0.25) is 0 Å². The molecule has 1 saturated heterocycles. The molecule has 0 radical (unpaired) electrons. The van der Waals surface area contributed by atoms with Gasteiger partial charge >= 0.3 is 0 Å². The molecule has 3 N–H and O–H groups in total. The van der Waals surface area contributed by atoms with Gasteiger partial charge in [-0.15, -0.1) is 0 Å². The number of fused-ring (bicyclic) bond motifs is 2. The highest BCUT2D eigenvalue weighted by molar-refractivity contribution is 6.11. The number of rotatable bonds is 3. The van der Waals surface area contributed by atoms with E-state index in [1.165, 1.54) is 5.56 Å². The first-order valence-corrected chi connectivity index (χ1v) is 10.9. The molecule has 30 heavy (non-hydrogen) atoms. The van der Waals surface area contributed by atoms with Crippen molar-refractivity contribution in [1.29, 1.82) is 0 Å². The van der Waals surface area contributed by atoms with Gasteiger partial charge in [-0.3, -0.25) is 4.99 Å². The van der Waals surface area contributed by atoms with Crippen molar-refractivity contribution in [3.05, 3.63) is 47.4 Å². The van der Waals surface area contributed by atoms with Crippen LogP contribution in [-0.4, -0.2) is 53.7 Å². The van der Waals surface area contributed by atoms with Gasteiger partial charge < -0.3 is 20.6 Å². The summed E-state index contributed by atoms with van der Waals surface area (Å²) in [6.45, 7) is 6.53. The molecule has 4 heterocycles. The molecule has 1 fully saturated rings. The molecule has 1 atom stereocenters. The lowest BCUT2D eigenvalue weighted by molar-refractivity contribution is 0.257. The van der Waals surface area contributed by atoms with Gasteiger partial charge in [0.25, 0.3) is 0 Å². The summed E-state index contributed by atoms with van der Waals surface area (Å²) < 4.78 is 0. The number of aromatic nitrogens is 2. The topological polar surface area (TPSA) is 90.9 Å². The molecule has 3 aliphatic rings. The molecule has 0 amide bonds. The van der Waals surface area contributed by atoms with E-state index in [4.69, 9.17) is 20.7 Å². The maximum absolute atomic E-state index is 9.77. The smallest absolute Gasteiger partial charge is 0.156 e. The highest BCUT2D eigenvalue weighted by Gasteiger charge is 2.33. The Morgan fingerprint density at radius 3 is 2.77 bits per heavy atom. The van der Waals surface area contributed by atoms with Crippen molar-refractivity contribution in [2.75, 3.05) is 42.6 Å². The Labute approximate surface area is 177 Å². The van der Waals surface area contributed by atoms with Gasteiger partial charge in [0, 0.05) is 31.2 Å². The quantitative estimate of drug-likeness (QED) is 0.813. The molecule has 3 aliphatic heterocycles. The first-order chi connectivity index (χ1) is 14.6. The van der Waals surface area contributed by atoms with Gasteiger partial charge in [-0.2, -0.15) is 0 Å². The summed E-state index contributed by atoms with van der Waals surface area (Å²) in [4.78, 5) is 19.1. The van der Waals surface area contributed by atoms with Gasteiger partial charge in [-0.05, 0) is 42.9 Å². The molecule has 1 unspecified atom stereocenters. The second-order valence-electron chi connectivity index (χ2n) is 9.04. The number of aliphatic hydroxyl groups excluding tert-OH is 1. The monoisotopic (exact) mass is 406 g/mol. The third kappa shape index (κ3) is 3.26. The molecule has 5 rings (SSSR count). The fourth-order valence-corrected chi connectivity index (χ4v) is 4.83. The third-order valence-corrected chi connectivity index (χ3v) is 7.05. The number of nitrogens with zero attached hydrogens (tertiary/aromatic N) is 5. The predicted octanol–water partition coefficient (Wildman–Crippen LogP) is 2.29. The van der Waals surface area contributed by atoms with Crippen molar-refractivity contribution in [2.24, 2.45) is 16.1 Å². The highest BCUT2D eigenvalue weighted by Crippen LogP contribution is 2.37. The molecule has 1 aromatic heterocycles. The molecule has 0 bridgehead atoms. The van der Waals surface area contributed by atoms with Crippen molar-refractivity contribution >= 4 is 17.3 Å². The molecular formula is C23H30N6O. The Kier molecular flexibility index (Phi) is 4.95. The van der Waals surface area contributed by atoms with Crippen LogP contribution in [0.1, 0.15) is 49.1 Å². The van der Waals surface area contributed by atoms with Gasteiger partial charge in [0.15, 0.2) is 5.84 Å². The lowest BCUT2D eigenvalue weighted by atomic mass is 9.80. The Morgan fingerprint density at radius 1 is 1.20 bits per heavy atom. The van der Waals surface area contributed by atoms with Crippen LogP contribution in [-0.2, 0) is 6.54 Å². The summed E-state index contributed by atoms with van der Waals surface area (Å²) in [6, 6.07) is 8.30. The maximum atomic E-state index is 9.77. The van der Waals surface area contributed by atoms with Crippen molar-refractivity contribution in [2.45, 2.75) is 38.6 Å². The zero-order valence-corrected chi connectivity index (χ0v) is 17.6. The lowest BCUT2D eigenvalue weighted by Crippen LogP contribution is -2.42. The van der Waals surface area contributed by atoms with Crippen LogP contribution in [0.5, 0.6) is 0 Å². The number of anilines is 2. The zero-order chi connectivity index (χ0) is 20.7. The molecule has 1 aromatic carbocycles. The molecule has 7 nitrogen and oxygen atoms in total. The average molecular weight is 407 g/mol. The second kappa shape index (κ2) is 7.63. The molecular weight excluding hydrogens is 376 g/mol. The van der Waals surface area contributed by atoms with Crippen molar-refractivity contribution < 1.29 is 5.11 Å². The van der Waals surface area contributed by atoms with E-state index in [1.807, 2.05) is 18.3 Å². The minimum absolute atomic E-state index is 0.177. The second-order valence-corrected chi connectivity index (χ2v) is 9.04. The number of amidine groups is 1. The number of benzene rings is 1. The number of piperidine rings is 1. The van der Waals surface area contributed by atoms with Crippen LogP contribution in [0.4, 0.5) is 11.5 Å². The summed E-state index contributed by atoms with van der Waals surface area (Å²) in [7, 11) is 0. The van der Waals surface area contributed by atoms with Crippen LogP contribution in [0.25, 0.3) is 0 Å². The molecule has 2 aromatic rings. The van der Waals surface area contributed by atoms with E-state index in [0.717, 1.165) is 74.2 Å². The third-order valence-electron chi connectivity index (χ3n) is 7.05. The van der Waals surface area contributed by atoms with Crippen LogP contribution in [0, 0.1) is 5.41 Å².